The highest BCUT2D eigenvalue weighted by Gasteiger charge is 2.44. The second-order valence-electron chi connectivity index (χ2n) is 6.78. The molecule has 1 aliphatic rings. The number of nitrogens with zero attached hydrogens (tertiary/aromatic N) is 1. The zero-order valence-corrected chi connectivity index (χ0v) is 16.4. The summed E-state index contributed by atoms with van der Waals surface area (Å²) in [5.74, 6) is 0.487. The Kier molecular flexibility index (Phi) is 7.93. The number of para-hydroxylation sites is 1. The van der Waals surface area contributed by atoms with Crippen molar-refractivity contribution in [1.82, 2.24) is 5.43 Å². The average Bonchev–Trinajstić information content (AvgIpc) is 2.80. The van der Waals surface area contributed by atoms with Crippen LogP contribution in [0.3, 0.4) is 0 Å². The molecule has 31 heavy (non-hydrogen) atoms. The molecule has 5 N–H and O–H groups in total. The van der Waals surface area contributed by atoms with E-state index < -0.39 is 43.2 Å². The van der Waals surface area contributed by atoms with Crippen molar-refractivity contribution in [3.05, 3.63) is 60.2 Å². The maximum atomic E-state index is 11.8. The molecule has 2 aromatic rings. The van der Waals surface area contributed by atoms with Crippen molar-refractivity contribution in [3.8, 4) is 11.5 Å². The Hall–Kier alpha value is -3.02. The maximum absolute atomic E-state index is 11.8. The van der Waals surface area contributed by atoms with Crippen molar-refractivity contribution in [3.63, 3.8) is 0 Å². The molecule has 0 saturated carbocycles. The standard InChI is InChI=1S/C21H24N2O8/c24-11-16-18(26)19(27)20(28)21(31-16)30-15-8-6-13(7-9-15)10-22-23-17(25)12-29-14-4-2-1-3-5-14/h1-10,16,18-21,24,26-28H,11-12H2,(H,23,25)/b22-10-/t16-,18-,19+,20-,21-/m0/s1. The lowest BCUT2D eigenvalue weighted by atomic mass is 9.99. The normalized spacial score (nSPS) is 25.9. The number of carbonyl (C=O) groups is 1. The van der Waals surface area contributed by atoms with Crippen LogP contribution in [0.1, 0.15) is 5.56 Å². The Labute approximate surface area is 178 Å². The van der Waals surface area contributed by atoms with Gasteiger partial charge in [0.25, 0.3) is 5.91 Å². The van der Waals surface area contributed by atoms with E-state index in [2.05, 4.69) is 10.5 Å². The second-order valence-corrected chi connectivity index (χ2v) is 6.78. The third-order valence-corrected chi connectivity index (χ3v) is 4.50. The maximum Gasteiger partial charge on any atom is 0.277 e. The van der Waals surface area contributed by atoms with Crippen LogP contribution in [0.15, 0.2) is 59.7 Å². The Morgan fingerprint density at radius 3 is 2.39 bits per heavy atom. The van der Waals surface area contributed by atoms with E-state index in [0.29, 0.717) is 17.1 Å². The Bertz CT molecular complexity index is 859. The largest absolute Gasteiger partial charge is 0.484 e. The van der Waals surface area contributed by atoms with Crippen LogP contribution >= 0.6 is 0 Å². The van der Waals surface area contributed by atoms with Gasteiger partial charge in [0.1, 0.15) is 35.9 Å². The summed E-state index contributed by atoms with van der Waals surface area (Å²) in [7, 11) is 0. The highest BCUT2D eigenvalue weighted by atomic mass is 16.7. The summed E-state index contributed by atoms with van der Waals surface area (Å²) in [4.78, 5) is 11.8. The zero-order valence-electron chi connectivity index (χ0n) is 16.4. The Morgan fingerprint density at radius 1 is 1.00 bits per heavy atom. The number of aliphatic hydroxyl groups is 4. The van der Waals surface area contributed by atoms with Gasteiger partial charge in [-0.3, -0.25) is 4.79 Å². The van der Waals surface area contributed by atoms with Crippen molar-refractivity contribution in [2.24, 2.45) is 5.10 Å². The van der Waals surface area contributed by atoms with Crippen LogP contribution in [0.5, 0.6) is 11.5 Å². The van der Waals surface area contributed by atoms with Gasteiger partial charge in [-0.2, -0.15) is 5.10 Å². The van der Waals surface area contributed by atoms with Crippen LogP contribution in [0, 0.1) is 0 Å². The molecule has 10 heteroatoms. The number of hydrogen-bond acceptors (Lipinski definition) is 9. The summed E-state index contributed by atoms with van der Waals surface area (Å²) in [5, 5.41) is 42.7. The second kappa shape index (κ2) is 10.8. The third kappa shape index (κ3) is 6.23. The van der Waals surface area contributed by atoms with Gasteiger partial charge in [-0.25, -0.2) is 5.43 Å². The fourth-order valence-electron chi connectivity index (χ4n) is 2.81. The number of ether oxygens (including phenoxy) is 3. The highest BCUT2D eigenvalue weighted by Crippen LogP contribution is 2.24. The topological polar surface area (TPSA) is 150 Å². The predicted octanol–water partition coefficient (Wildman–Crippen LogP) is -0.606. The summed E-state index contributed by atoms with van der Waals surface area (Å²) in [5.41, 5.74) is 3.01. The van der Waals surface area contributed by atoms with Crippen LogP contribution in [-0.2, 0) is 9.53 Å². The third-order valence-electron chi connectivity index (χ3n) is 4.50. The minimum Gasteiger partial charge on any atom is -0.484 e. The fourth-order valence-corrected chi connectivity index (χ4v) is 2.81. The summed E-state index contributed by atoms with van der Waals surface area (Å²) in [6.45, 7) is -0.713. The molecule has 0 aromatic heterocycles. The predicted molar refractivity (Wildman–Crippen MR) is 109 cm³/mol. The van der Waals surface area contributed by atoms with E-state index >= 15 is 0 Å². The van der Waals surface area contributed by atoms with E-state index in [1.165, 1.54) is 6.21 Å². The molecule has 3 rings (SSSR count). The van der Waals surface area contributed by atoms with Crippen LogP contribution in [0.25, 0.3) is 0 Å². The summed E-state index contributed by atoms with van der Waals surface area (Å²) in [6.07, 6.45) is -5.35. The Balaban J connectivity index is 1.48. The summed E-state index contributed by atoms with van der Waals surface area (Å²) < 4.78 is 16.1. The van der Waals surface area contributed by atoms with Crippen molar-refractivity contribution in [1.29, 1.82) is 0 Å². The van der Waals surface area contributed by atoms with E-state index in [0.717, 1.165) is 0 Å². The molecule has 0 aliphatic carbocycles. The lowest BCUT2D eigenvalue weighted by Gasteiger charge is -2.39. The van der Waals surface area contributed by atoms with E-state index in [1.54, 1.807) is 48.5 Å². The molecule has 0 bridgehead atoms. The molecule has 2 aromatic carbocycles. The minimum atomic E-state index is -1.52. The summed E-state index contributed by atoms with van der Waals surface area (Å²) >= 11 is 0. The number of nitrogens with one attached hydrogen (secondary N) is 1. The smallest absolute Gasteiger partial charge is 0.277 e. The SMILES string of the molecule is O=C(COc1ccccc1)N/N=C\c1ccc(O[C@H]2O[C@@H](CO)[C@H](O)[C@@H](O)[C@@H]2O)cc1. The van der Waals surface area contributed by atoms with Gasteiger partial charge in [0.2, 0.25) is 6.29 Å². The van der Waals surface area contributed by atoms with E-state index in [9.17, 15) is 25.2 Å². The Morgan fingerprint density at radius 2 is 1.71 bits per heavy atom. The zero-order chi connectivity index (χ0) is 22.2. The molecule has 5 atom stereocenters. The molecule has 10 nitrogen and oxygen atoms in total. The number of aliphatic hydroxyl groups excluding tert-OH is 4. The first-order valence-corrected chi connectivity index (χ1v) is 9.55. The van der Waals surface area contributed by atoms with Gasteiger partial charge in [0.05, 0.1) is 12.8 Å². The van der Waals surface area contributed by atoms with Gasteiger partial charge in [-0.15, -0.1) is 0 Å². The van der Waals surface area contributed by atoms with E-state index in [1.807, 2.05) is 6.07 Å². The lowest BCUT2D eigenvalue weighted by molar-refractivity contribution is -0.277. The molecular weight excluding hydrogens is 408 g/mol. The van der Waals surface area contributed by atoms with Gasteiger partial charge in [0.15, 0.2) is 6.61 Å². The van der Waals surface area contributed by atoms with Crippen LogP contribution in [0.2, 0.25) is 0 Å². The van der Waals surface area contributed by atoms with Crippen molar-refractivity contribution in [2.45, 2.75) is 30.7 Å². The quantitative estimate of drug-likeness (QED) is 0.274. The molecule has 0 radical (unpaired) electrons. The number of benzene rings is 2. The number of carbonyl (C=O) groups excluding carboxylic acids is 1. The van der Waals surface area contributed by atoms with Gasteiger partial charge in [-0.1, -0.05) is 18.2 Å². The molecule has 1 fully saturated rings. The monoisotopic (exact) mass is 432 g/mol. The molecule has 166 valence electrons. The minimum absolute atomic E-state index is 0.173. The lowest BCUT2D eigenvalue weighted by Crippen LogP contribution is -2.60. The van der Waals surface area contributed by atoms with Crippen LogP contribution in [-0.4, -0.2) is 76.5 Å². The van der Waals surface area contributed by atoms with Gasteiger partial charge < -0.3 is 34.6 Å². The van der Waals surface area contributed by atoms with E-state index in [-0.39, 0.29) is 6.61 Å². The molecule has 0 unspecified atom stereocenters. The molecule has 1 amide bonds. The first-order chi connectivity index (χ1) is 15.0. The first-order valence-electron chi connectivity index (χ1n) is 9.55. The van der Waals surface area contributed by atoms with Crippen molar-refractivity contribution in [2.75, 3.05) is 13.2 Å². The molecule has 1 aliphatic heterocycles. The first kappa shape index (κ1) is 22.7. The molecule has 0 spiro atoms. The van der Waals surface area contributed by atoms with Crippen LogP contribution in [0.4, 0.5) is 0 Å². The summed E-state index contributed by atoms with van der Waals surface area (Å²) in [6, 6.07) is 15.4. The van der Waals surface area contributed by atoms with Crippen molar-refractivity contribution >= 4 is 12.1 Å². The molecular formula is C21H24N2O8. The van der Waals surface area contributed by atoms with E-state index in [4.69, 9.17) is 14.2 Å². The highest BCUT2D eigenvalue weighted by molar-refractivity contribution is 5.83. The van der Waals surface area contributed by atoms with Crippen LogP contribution < -0.4 is 14.9 Å². The fraction of sp³-hybridized carbons (Fsp3) is 0.333. The molecule has 1 saturated heterocycles. The van der Waals surface area contributed by atoms with Gasteiger partial charge in [0, 0.05) is 0 Å². The number of rotatable bonds is 8. The number of amides is 1. The number of hydrazone groups is 1. The van der Waals surface area contributed by atoms with Crippen molar-refractivity contribution < 1.29 is 39.4 Å². The van der Waals surface area contributed by atoms with Gasteiger partial charge >= 0.3 is 0 Å². The average molecular weight is 432 g/mol. The van der Waals surface area contributed by atoms with Gasteiger partial charge in [-0.05, 0) is 42.0 Å². The molecule has 1 heterocycles. The number of hydrogen-bond donors (Lipinski definition) is 5.